The van der Waals surface area contributed by atoms with Crippen molar-refractivity contribution in [3.63, 3.8) is 0 Å². The molecule has 1 aromatic carbocycles. The summed E-state index contributed by atoms with van der Waals surface area (Å²) in [7, 11) is 0.0825. The number of benzene rings is 1. The van der Waals surface area contributed by atoms with Crippen molar-refractivity contribution >= 4 is 33.1 Å². The van der Waals surface area contributed by atoms with E-state index in [1.807, 2.05) is 38.1 Å². The van der Waals surface area contributed by atoms with E-state index >= 15 is 0 Å². The molecule has 0 amide bonds. The van der Waals surface area contributed by atoms with Gasteiger partial charge >= 0.3 is 0 Å². The van der Waals surface area contributed by atoms with Crippen LogP contribution in [-0.4, -0.2) is 27.3 Å². The number of methoxy groups -OCH3 is 1. The molecule has 0 saturated carbocycles. The van der Waals surface area contributed by atoms with E-state index in [4.69, 9.17) is 4.74 Å². The van der Waals surface area contributed by atoms with Crippen molar-refractivity contribution < 1.29 is 8.95 Å². The summed E-state index contributed by atoms with van der Waals surface area (Å²) in [5, 5.41) is 4.22. The quantitative estimate of drug-likeness (QED) is 0.579. The standard InChI is InChI=1S/C20H24N4O2S2/c1-12(2)22-20-23-14(4)19(27-20)15-6-7-17(26-5)18(9-15)28(25)24-16-8-13(3)10-21-11-16/h6-12,24H,1-5H3,(H,22,23). The zero-order valence-corrected chi connectivity index (χ0v) is 18.2. The van der Waals surface area contributed by atoms with Crippen LogP contribution < -0.4 is 14.8 Å². The Balaban J connectivity index is 1.94. The maximum absolute atomic E-state index is 13.0. The fourth-order valence-corrected chi connectivity index (χ4v) is 4.82. The smallest absolute Gasteiger partial charge is 0.183 e. The zero-order valence-electron chi connectivity index (χ0n) is 16.6. The Kier molecular flexibility index (Phi) is 6.31. The van der Waals surface area contributed by atoms with E-state index in [2.05, 4.69) is 33.9 Å². The molecule has 28 heavy (non-hydrogen) atoms. The highest BCUT2D eigenvalue weighted by atomic mass is 32.2. The van der Waals surface area contributed by atoms with Crippen LogP contribution in [0.15, 0.2) is 41.6 Å². The molecule has 8 heteroatoms. The summed E-state index contributed by atoms with van der Waals surface area (Å²) in [5.74, 6) is 0.567. The zero-order chi connectivity index (χ0) is 20.3. The highest BCUT2D eigenvalue weighted by molar-refractivity contribution is 7.86. The van der Waals surface area contributed by atoms with E-state index < -0.39 is 11.0 Å². The number of ether oxygens (including phenoxy) is 1. The van der Waals surface area contributed by atoms with Gasteiger partial charge in [-0.1, -0.05) is 11.3 Å². The lowest BCUT2D eigenvalue weighted by Crippen LogP contribution is -2.08. The van der Waals surface area contributed by atoms with Crippen LogP contribution in [0.2, 0.25) is 0 Å². The van der Waals surface area contributed by atoms with E-state index in [9.17, 15) is 4.21 Å². The van der Waals surface area contributed by atoms with Crippen LogP contribution in [0.4, 0.5) is 10.8 Å². The molecule has 0 radical (unpaired) electrons. The number of rotatable bonds is 7. The molecule has 0 aliphatic heterocycles. The van der Waals surface area contributed by atoms with Gasteiger partial charge in [-0.25, -0.2) is 9.19 Å². The first kappa shape index (κ1) is 20.3. The predicted molar refractivity (Wildman–Crippen MR) is 117 cm³/mol. The minimum Gasteiger partial charge on any atom is -0.495 e. The largest absolute Gasteiger partial charge is 0.495 e. The van der Waals surface area contributed by atoms with Gasteiger partial charge in [-0.15, -0.1) is 0 Å². The van der Waals surface area contributed by atoms with Gasteiger partial charge in [0.1, 0.15) is 10.6 Å². The Bertz CT molecular complexity index is 1000. The van der Waals surface area contributed by atoms with Crippen molar-refractivity contribution in [1.29, 1.82) is 0 Å². The van der Waals surface area contributed by atoms with Gasteiger partial charge in [0.25, 0.3) is 0 Å². The Labute approximate surface area is 172 Å². The van der Waals surface area contributed by atoms with Crippen molar-refractivity contribution in [2.45, 2.75) is 38.6 Å². The topological polar surface area (TPSA) is 76.1 Å². The Morgan fingerprint density at radius 3 is 2.64 bits per heavy atom. The normalized spacial score (nSPS) is 12.1. The minimum absolute atomic E-state index is 0.310. The highest BCUT2D eigenvalue weighted by Crippen LogP contribution is 2.36. The number of nitrogens with one attached hydrogen (secondary N) is 2. The van der Waals surface area contributed by atoms with Gasteiger partial charge < -0.3 is 10.1 Å². The van der Waals surface area contributed by atoms with Gasteiger partial charge in [0.2, 0.25) is 0 Å². The average Bonchev–Trinajstić information content (AvgIpc) is 3.00. The molecule has 2 heterocycles. The van der Waals surface area contributed by atoms with Gasteiger partial charge in [-0.2, -0.15) is 0 Å². The second kappa shape index (κ2) is 8.70. The van der Waals surface area contributed by atoms with Crippen LogP contribution >= 0.6 is 11.3 Å². The predicted octanol–water partition coefficient (Wildman–Crippen LogP) is 4.79. The van der Waals surface area contributed by atoms with Crippen LogP contribution in [0.3, 0.4) is 0 Å². The molecule has 0 aliphatic carbocycles. The second-order valence-corrected chi connectivity index (χ2v) is 8.90. The van der Waals surface area contributed by atoms with Crippen molar-refractivity contribution in [2.24, 2.45) is 0 Å². The summed E-state index contributed by atoms with van der Waals surface area (Å²) < 4.78 is 21.4. The molecule has 0 bridgehead atoms. The molecule has 0 saturated heterocycles. The van der Waals surface area contributed by atoms with Crippen molar-refractivity contribution in [2.75, 3.05) is 17.1 Å². The Hall–Kier alpha value is -2.45. The van der Waals surface area contributed by atoms with Gasteiger partial charge in [0, 0.05) is 12.2 Å². The first-order valence-electron chi connectivity index (χ1n) is 8.90. The van der Waals surface area contributed by atoms with E-state index in [1.165, 1.54) is 0 Å². The molecule has 148 valence electrons. The number of thiazole rings is 1. The van der Waals surface area contributed by atoms with Crippen LogP contribution in [-0.2, 0) is 11.0 Å². The van der Waals surface area contributed by atoms with E-state index in [-0.39, 0.29) is 0 Å². The number of pyridine rings is 1. The molecular formula is C20H24N4O2S2. The summed E-state index contributed by atoms with van der Waals surface area (Å²) in [6.07, 6.45) is 3.41. The van der Waals surface area contributed by atoms with Crippen molar-refractivity contribution in [3.05, 3.63) is 47.9 Å². The maximum Gasteiger partial charge on any atom is 0.183 e. The van der Waals surface area contributed by atoms with Gasteiger partial charge in [-0.3, -0.25) is 9.71 Å². The summed E-state index contributed by atoms with van der Waals surface area (Å²) in [6, 6.07) is 7.91. The average molecular weight is 417 g/mol. The summed E-state index contributed by atoms with van der Waals surface area (Å²) in [5.41, 5.74) is 3.59. The summed E-state index contributed by atoms with van der Waals surface area (Å²) in [4.78, 5) is 10.4. The third-order valence-corrected chi connectivity index (χ3v) is 6.20. The molecule has 0 spiro atoms. The molecule has 0 aliphatic rings. The van der Waals surface area contributed by atoms with Crippen LogP contribution in [0.1, 0.15) is 25.1 Å². The van der Waals surface area contributed by atoms with Gasteiger partial charge in [0.05, 0.1) is 29.6 Å². The maximum atomic E-state index is 13.0. The molecule has 0 fully saturated rings. The fourth-order valence-electron chi connectivity index (χ4n) is 2.71. The van der Waals surface area contributed by atoms with Crippen molar-refractivity contribution in [1.82, 2.24) is 9.97 Å². The SMILES string of the molecule is COc1ccc(-c2sc(NC(C)C)nc2C)cc1S(=O)Nc1cncc(C)c1. The molecule has 2 N–H and O–H groups in total. The molecule has 6 nitrogen and oxygen atoms in total. The lowest BCUT2D eigenvalue weighted by molar-refractivity contribution is 0.404. The summed E-state index contributed by atoms with van der Waals surface area (Å²) >= 11 is 1.59. The lowest BCUT2D eigenvalue weighted by atomic mass is 10.1. The monoisotopic (exact) mass is 416 g/mol. The van der Waals surface area contributed by atoms with E-state index in [1.54, 1.807) is 30.8 Å². The first-order valence-corrected chi connectivity index (χ1v) is 10.9. The van der Waals surface area contributed by atoms with Gasteiger partial charge in [-0.05, 0) is 63.1 Å². The third-order valence-electron chi connectivity index (χ3n) is 3.92. The third kappa shape index (κ3) is 4.69. The Morgan fingerprint density at radius 2 is 1.96 bits per heavy atom. The Morgan fingerprint density at radius 1 is 1.18 bits per heavy atom. The van der Waals surface area contributed by atoms with Crippen LogP contribution in [0.5, 0.6) is 5.75 Å². The van der Waals surface area contributed by atoms with E-state index in [0.717, 1.165) is 26.8 Å². The highest BCUT2D eigenvalue weighted by Gasteiger charge is 2.16. The lowest BCUT2D eigenvalue weighted by Gasteiger charge is -2.12. The number of anilines is 2. The fraction of sp³-hybridized carbons (Fsp3) is 0.300. The minimum atomic E-state index is -1.49. The number of aromatic nitrogens is 2. The number of aryl methyl sites for hydroxylation is 2. The first-order chi connectivity index (χ1) is 13.4. The second-order valence-electron chi connectivity index (χ2n) is 6.72. The van der Waals surface area contributed by atoms with Crippen LogP contribution in [0.25, 0.3) is 10.4 Å². The number of nitrogens with zero attached hydrogens (tertiary/aromatic N) is 2. The summed E-state index contributed by atoms with van der Waals surface area (Å²) in [6.45, 7) is 8.08. The molecular weight excluding hydrogens is 392 g/mol. The van der Waals surface area contributed by atoms with Crippen LogP contribution in [0, 0.1) is 13.8 Å². The molecule has 2 aromatic heterocycles. The van der Waals surface area contributed by atoms with Gasteiger partial charge in [0.15, 0.2) is 16.1 Å². The number of hydrogen-bond acceptors (Lipinski definition) is 6. The molecule has 1 atom stereocenters. The number of hydrogen-bond donors (Lipinski definition) is 2. The molecule has 3 rings (SSSR count). The molecule has 3 aromatic rings. The molecule has 1 unspecified atom stereocenters. The van der Waals surface area contributed by atoms with Crippen molar-refractivity contribution in [3.8, 4) is 16.2 Å². The van der Waals surface area contributed by atoms with E-state index in [0.29, 0.717) is 22.4 Å².